The molecule has 1 saturated heterocycles. The average Bonchev–Trinajstić information content (AvgIpc) is 2.69. The third-order valence-electron chi connectivity index (χ3n) is 6.06. The van der Waals surface area contributed by atoms with Crippen LogP contribution in [-0.2, 0) is 14.3 Å². The number of benzene rings is 1. The van der Waals surface area contributed by atoms with E-state index < -0.39 is 11.8 Å². The van der Waals surface area contributed by atoms with E-state index in [9.17, 15) is 9.59 Å². The van der Waals surface area contributed by atoms with Crippen molar-refractivity contribution in [1.29, 1.82) is 0 Å². The molecule has 27 heavy (non-hydrogen) atoms. The van der Waals surface area contributed by atoms with Gasteiger partial charge in [-0.1, -0.05) is 44.2 Å². The highest BCUT2D eigenvalue weighted by Crippen LogP contribution is 2.35. The largest absolute Gasteiger partial charge is 0.381 e. The van der Waals surface area contributed by atoms with Crippen molar-refractivity contribution >= 4 is 11.8 Å². The fourth-order valence-corrected chi connectivity index (χ4v) is 4.18. The summed E-state index contributed by atoms with van der Waals surface area (Å²) in [6.07, 6.45) is 5.81. The van der Waals surface area contributed by atoms with Gasteiger partial charge < -0.3 is 15.4 Å². The van der Waals surface area contributed by atoms with E-state index in [4.69, 9.17) is 4.74 Å². The summed E-state index contributed by atoms with van der Waals surface area (Å²) in [6, 6.07) is 9.88. The van der Waals surface area contributed by atoms with E-state index in [1.807, 2.05) is 30.3 Å². The third kappa shape index (κ3) is 5.55. The smallest absolute Gasteiger partial charge is 0.309 e. The van der Waals surface area contributed by atoms with Crippen molar-refractivity contribution in [1.82, 2.24) is 10.6 Å². The molecule has 0 bridgehead atoms. The molecule has 1 aromatic rings. The van der Waals surface area contributed by atoms with Crippen molar-refractivity contribution in [3.8, 4) is 0 Å². The number of hydrogen-bond donors (Lipinski definition) is 2. The molecule has 1 aromatic carbocycles. The molecule has 5 nitrogen and oxygen atoms in total. The number of nitrogens with one attached hydrogen (secondary N) is 2. The second kappa shape index (κ2) is 8.87. The van der Waals surface area contributed by atoms with Gasteiger partial charge in [-0.3, -0.25) is 9.59 Å². The molecule has 1 atom stereocenters. The maximum absolute atomic E-state index is 12.6. The molecule has 1 aliphatic carbocycles. The number of ether oxygens (including phenoxy) is 1. The molecule has 1 saturated carbocycles. The van der Waals surface area contributed by atoms with Gasteiger partial charge >= 0.3 is 11.8 Å². The van der Waals surface area contributed by atoms with E-state index in [-0.39, 0.29) is 18.0 Å². The van der Waals surface area contributed by atoms with Gasteiger partial charge in [0.15, 0.2) is 0 Å². The molecule has 0 spiro atoms. The first-order valence-electron chi connectivity index (χ1n) is 10.2. The topological polar surface area (TPSA) is 67.4 Å². The molecule has 0 radical (unpaired) electrons. The minimum atomic E-state index is -0.528. The maximum Gasteiger partial charge on any atom is 0.309 e. The van der Waals surface area contributed by atoms with Crippen LogP contribution in [-0.4, -0.2) is 31.1 Å². The maximum atomic E-state index is 12.6. The number of rotatable bonds is 4. The van der Waals surface area contributed by atoms with Gasteiger partial charge in [0, 0.05) is 19.3 Å². The SMILES string of the molecule is CC1(C)CCC(NC(=O)C(=O)NC(c2ccccc2)C2CCOCC2)CC1. The summed E-state index contributed by atoms with van der Waals surface area (Å²) in [4.78, 5) is 25.1. The van der Waals surface area contributed by atoms with Crippen LogP contribution in [0.25, 0.3) is 0 Å². The predicted octanol–water partition coefficient (Wildman–Crippen LogP) is 3.36. The predicted molar refractivity (Wildman–Crippen MR) is 105 cm³/mol. The van der Waals surface area contributed by atoms with Gasteiger partial charge in [-0.05, 0) is 55.4 Å². The van der Waals surface area contributed by atoms with Crippen LogP contribution in [0.5, 0.6) is 0 Å². The molecule has 5 heteroatoms. The summed E-state index contributed by atoms with van der Waals surface area (Å²) < 4.78 is 5.46. The molecule has 2 N–H and O–H groups in total. The fourth-order valence-electron chi connectivity index (χ4n) is 4.18. The molecule has 3 rings (SSSR count). The summed E-state index contributed by atoms with van der Waals surface area (Å²) in [5, 5.41) is 5.94. The molecule has 1 heterocycles. The van der Waals surface area contributed by atoms with Crippen molar-refractivity contribution in [2.24, 2.45) is 11.3 Å². The Hall–Kier alpha value is -1.88. The lowest BCUT2D eigenvalue weighted by Gasteiger charge is -2.35. The number of carbonyl (C=O) groups is 2. The minimum absolute atomic E-state index is 0.106. The Morgan fingerprint density at radius 1 is 1.00 bits per heavy atom. The molecule has 2 amide bonds. The van der Waals surface area contributed by atoms with Crippen molar-refractivity contribution in [2.75, 3.05) is 13.2 Å². The summed E-state index contributed by atoms with van der Waals surface area (Å²) in [5.74, 6) is -0.749. The quantitative estimate of drug-likeness (QED) is 0.797. The van der Waals surface area contributed by atoms with E-state index >= 15 is 0 Å². The Morgan fingerprint density at radius 3 is 2.26 bits per heavy atom. The molecule has 1 aliphatic heterocycles. The zero-order valence-corrected chi connectivity index (χ0v) is 16.5. The van der Waals surface area contributed by atoms with Crippen LogP contribution in [0.2, 0.25) is 0 Å². The van der Waals surface area contributed by atoms with E-state index in [0.717, 1.165) is 44.1 Å². The van der Waals surface area contributed by atoms with Crippen LogP contribution in [0.1, 0.15) is 64.0 Å². The summed E-state index contributed by atoms with van der Waals surface area (Å²) in [7, 11) is 0. The van der Waals surface area contributed by atoms with Gasteiger partial charge in [0.05, 0.1) is 6.04 Å². The Bertz CT molecular complexity index is 628. The minimum Gasteiger partial charge on any atom is -0.381 e. The van der Waals surface area contributed by atoms with Crippen LogP contribution in [0.15, 0.2) is 30.3 Å². The number of hydrogen-bond acceptors (Lipinski definition) is 3. The highest BCUT2D eigenvalue weighted by Gasteiger charge is 2.31. The summed E-state index contributed by atoms with van der Waals surface area (Å²) >= 11 is 0. The highest BCUT2D eigenvalue weighted by atomic mass is 16.5. The average molecular weight is 373 g/mol. The standard InChI is InChI=1S/C22H32N2O3/c1-22(2)12-8-18(9-13-22)23-20(25)21(26)24-19(16-6-4-3-5-7-16)17-10-14-27-15-11-17/h3-7,17-19H,8-15H2,1-2H3,(H,23,25)(H,24,26). The second-order valence-electron chi connectivity index (χ2n) is 8.72. The molecule has 0 aromatic heterocycles. The first-order chi connectivity index (χ1) is 12.9. The zero-order chi connectivity index (χ0) is 19.3. The Balaban J connectivity index is 1.61. The van der Waals surface area contributed by atoms with Crippen LogP contribution >= 0.6 is 0 Å². The van der Waals surface area contributed by atoms with Gasteiger partial charge in [0.1, 0.15) is 0 Å². The van der Waals surface area contributed by atoms with Gasteiger partial charge in [0.25, 0.3) is 0 Å². The Morgan fingerprint density at radius 2 is 1.63 bits per heavy atom. The van der Waals surface area contributed by atoms with Crippen molar-refractivity contribution in [2.45, 2.75) is 64.5 Å². The lowest BCUT2D eigenvalue weighted by Crippen LogP contribution is -2.48. The third-order valence-corrected chi connectivity index (χ3v) is 6.06. The number of amides is 2. The summed E-state index contributed by atoms with van der Waals surface area (Å²) in [6.45, 7) is 5.92. The Kier molecular flexibility index (Phi) is 6.53. The molecular formula is C22H32N2O3. The molecule has 148 valence electrons. The van der Waals surface area contributed by atoms with Crippen LogP contribution in [0.3, 0.4) is 0 Å². The lowest BCUT2D eigenvalue weighted by atomic mass is 9.75. The van der Waals surface area contributed by atoms with E-state index in [0.29, 0.717) is 18.6 Å². The normalized spacial score (nSPS) is 22.0. The van der Waals surface area contributed by atoms with E-state index in [1.165, 1.54) is 0 Å². The highest BCUT2D eigenvalue weighted by molar-refractivity contribution is 6.35. The van der Waals surface area contributed by atoms with E-state index in [1.54, 1.807) is 0 Å². The van der Waals surface area contributed by atoms with Gasteiger partial charge in [-0.15, -0.1) is 0 Å². The van der Waals surface area contributed by atoms with Crippen LogP contribution < -0.4 is 10.6 Å². The van der Waals surface area contributed by atoms with Crippen LogP contribution in [0, 0.1) is 11.3 Å². The lowest BCUT2D eigenvalue weighted by molar-refractivity contribution is -0.140. The number of carbonyl (C=O) groups excluding carboxylic acids is 2. The van der Waals surface area contributed by atoms with Gasteiger partial charge in [0.2, 0.25) is 0 Å². The van der Waals surface area contributed by atoms with Crippen molar-refractivity contribution in [3.63, 3.8) is 0 Å². The molecule has 2 aliphatic rings. The van der Waals surface area contributed by atoms with E-state index in [2.05, 4.69) is 24.5 Å². The fraction of sp³-hybridized carbons (Fsp3) is 0.636. The second-order valence-corrected chi connectivity index (χ2v) is 8.72. The van der Waals surface area contributed by atoms with Crippen molar-refractivity contribution in [3.05, 3.63) is 35.9 Å². The van der Waals surface area contributed by atoms with Gasteiger partial charge in [-0.2, -0.15) is 0 Å². The van der Waals surface area contributed by atoms with Crippen LogP contribution in [0.4, 0.5) is 0 Å². The summed E-state index contributed by atoms with van der Waals surface area (Å²) in [5.41, 5.74) is 1.38. The Labute approximate surface area is 162 Å². The van der Waals surface area contributed by atoms with Gasteiger partial charge in [-0.25, -0.2) is 0 Å². The first kappa shape index (κ1) is 19.9. The molecule has 2 fully saturated rings. The molecule has 1 unspecified atom stereocenters. The molecular weight excluding hydrogens is 340 g/mol. The van der Waals surface area contributed by atoms with Crippen molar-refractivity contribution < 1.29 is 14.3 Å². The first-order valence-corrected chi connectivity index (χ1v) is 10.2. The monoisotopic (exact) mass is 372 g/mol. The zero-order valence-electron chi connectivity index (χ0n) is 16.5.